The molecule has 0 spiro atoms. The molecule has 3 rings (SSSR count). The van der Waals surface area contributed by atoms with E-state index in [1.807, 2.05) is 42.1 Å². The highest BCUT2D eigenvalue weighted by Crippen LogP contribution is 2.20. The lowest BCUT2D eigenvalue weighted by Gasteiger charge is -2.06. The quantitative estimate of drug-likeness (QED) is 0.781. The van der Waals surface area contributed by atoms with Crippen LogP contribution in [0.1, 0.15) is 5.56 Å². The van der Waals surface area contributed by atoms with Gasteiger partial charge in [0, 0.05) is 30.7 Å². The molecule has 3 aromatic rings. The molecule has 6 heteroatoms. The fourth-order valence-electron chi connectivity index (χ4n) is 2.64. The molecular weight excluding hydrogens is 315 g/mol. The Hall–Kier alpha value is -2.18. The minimum Gasteiger partial charge on any atom is -0.350 e. The third-order valence-electron chi connectivity index (χ3n) is 3.79. The highest BCUT2D eigenvalue weighted by atomic mass is 32.2. The number of aromatic nitrogens is 1. The lowest BCUT2D eigenvalue weighted by molar-refractivity contribution is 0.580. The van der Waals surface area contributed by atoms with Crippen LogP contribution < -0.4 is 4.72 Å². The van der Waals surface area contributed by atoms with Crippen LogP contribution in [-0.4, -0.2) is 19.5 Å². The highest BCUT2D eigenvalue weighted by Gasteiger charge is 2.14. The molecule has 120 valence electrons. The lowest BCUT2D eigenvalue weighted by atomic mass is 10.1. The van der Waals surface area contributed by atoms with E-state index < -0.39 is 15.8 Å². The van der Waals surface area contributed by atoms with E-state index in [1.165, 1.54) is 12.1 Å². The number of para-hydroxylation sites is 1. The lowest BCUT2D eigenvalue weighted by Crippen LogP contribution is -2.25. The zero-order valence-electron chi connectivity index (χ0n) is 12.7. The van der Waals surface area contributed by atoms with Crippen LogP contribution in [0.5, 0.6) is 0 Å². The van der Waals surface area contributed by atoms with Gasteiger partial charge in [-0.1, -0.05) is 18.2 Å². The number of hydrogen-bond acceptors (Lipinski definition) is 2. The van der Waals surface area contributed by atoms with E-state index in [2.05, 4.69) is 4.72 Å². The summed E-state index contributed by atoms with van der Waals surface area (Å²) in [5, 5.41) is 1.12. The highest BCUT2D eigenvalue weighted by molar-refractivity contribution is 7.89. The molecule has 0 atom stereocenters. The molecule has 0 fully saturated rings. The van der Waals surface area contributed by atoms with Gasteiger partial charge in [-0.05, 0) is 42.3 Å². The average Bonchev–Trinajstić information content (AvgIpc) is 2.85. The van der Waals surface area contributed by atoms with Crippen molar-refractivity contribution in [1.29, 1.82) is 0 Å². The molecule has 0 aliphatic carbocycles. The first-order valence-corrected chi connectivity index (χ1v) is 8.74. The van der Waals surface area contributed by atoms with Crippen molar-refractivity contribution >= 4 is 20.9 Å². The second-order valence-corrected chi connectivity index (χ2v) is 7.15. The van der Waals surface area contributed by atoms with Crippen LogP contribution in [0, 0.1) is 5.82 Å². The van der Waals surface area contributed by atoms with Crippen molar-refractivity contribution in [2.45, 2.75) is 11.3 Å². The molecule has 2 aromatic carbocycles. The summed E-state index contributed by atoms with van der Waals surface area (Å²) in [4.78, 5) is 0.0665. The molecule has 0 amide bonds. The number of aryl methyl sites for hydroxylation is 1. The van der Waals surface area contributed by atoms with Crippen molar-refractivity contribution in [3.63, 3.8) is 0 Å². The SMILES string of the molecule is Cn1cc(CCNS(=O)(=O)c2ccc(F)cc2)c2ccccc21. The molecule has 0 bridgehead atoms. The Bertz CT molecular complexity index is 931. The summed E-state index contributed by atoms with van der Waals surface area (Å²) in [6.45, 7) is 0.285. The van der Waals surface area contributed by atoms with Gasteiger partial charge in [-0.25, -0.2) is 17.5 Å². The first-order chi connectivity index (χ1) is 11.0. The summed E-state index contributed by atoms with van der Waals surface area (Å²) in [7, 11) is -1.65. The summed E-state index contributed by atoms with van der Waals surface area (Å²) < 4.78 is 41.8. The molecular formula is C17H17FN2O2S. The predicted octanol–water partition coefficient (Wildman–Crippen LogP) is 2.84. The number of hydrogen-bond donors (Lipinski definition) is 1. The van der Waals surface area contributed by atoms with Crippen LogP contribution in [-0.2, 0) is 23.5 Å². The number of halogens is 1. The third-order valence-corrected chi connectivity index (χ3v) is 5.27. The van der Waals surface area contributed by atoms with Gasteiger partial charge in [0.2, 0.25) is 10.0 Å². The van der Waals surface area contributed by atoms with E-state index in [1.54, 1.807) is 0 Å². The van der Waals surface area contributed by atoms with Crippen molar-refractivity contribution < 1.29 is 12.8 Å². The zero-order chi connectivity index (χ0) is 16.4. The van der Waals surface area contributed by atoms with Crippen molar-refractivity contribution in [2.24, 2.45) is 7.05 Å². The van der Waals surface area contributed by atoms with Crippen LogP contribution in [0.15, 0.2) is 59.6 Å². The van der Waals surface area contributed by atoms with E-state index >= 15 is 0 Å². The third kappa shape index (κ3) is 3.28. The van der Waals surface area contributed by atoms with Crippen LogP contribution in [0.25, 0.3) is 10.9 Å². The number of sulfonamides is 1. The van der Waals surface area contributed by atoms with Gasteiger partial charge in [0.05, 0.1) is 4.90 Å². The number of fused-ring (bicyclic) bond motifs is 1. The van der Waals surface area contributed by atoms with Crippen molar-refractivity contribution in [2.75, 3.05) is 6.54 Å². The zero-order valence-corrected chi connectivity index (χ0v) is 13.5. The number of benzene rings is 2. The van der Waals surface area contributed by atoms with Gasteiger partial charge in [0.1, 0.15) is 5.82 Å². The van der Waals surface area contributed by atoms with Gasteiger partial charge >= 0.3 is 0 Å². The second kappa shape index (κ2) is 6.14. The molecule has 0 unspecified atom stereocenters. The maximum atomic E-state index is 12.9. The number of rotatable bonds is 5. The maximum Gasteiger partial charge on any atom is 0.240 e. The minimum absolute atomic E-state index is 0.0665. The molecule has 0 aliphatic rings. The normalized spacial score (nSPS) is 11.9. The van der Waals surface area contributed by atoms with E-state index in [4.69, 9.17) is 0 Å². The summed E-state index contributed by atoms with van der Waals surface area (Å²) in [6.07, 6.45) is 2.60. The fraction of sp³-hybridized carbons (Fsp3) is 0.176. The second-order valence-electron chi connectivity index (χ2n) is 5.38. The van der Waals surface area contributed by atoms with Crippen molar-refractivity contribution in [3.05, 3.63) is 66.1 Å². The van der Waals surface area contributed by atoms with Gasteiger partial charge < -0.3 is 4.57 Å². The first-order valence-electron chi connectivity index (χ1n) is 7.25. The average molecular weight is 332 g/mol. The molecule has 4 nitrogen and oxygen atoms in total. The summed E-state index contributed by atoms with van der Waals surface area (Å²) >= 11 is 0. The van der Waals surface area contributed by atoms with E-state index in [-0.39, 0.29) is 11.4 Å². The van der Waals surface area contributed by atoms with Gasteiger partial charge in [0.15, 0.2) is 0 Å². The first kappa shape index (κ1) is 15.7. The smallest absolute Gasteiger partial charge is 0.240 e. The summed E-state index contributed by atoms with van der Waals surface area (Å²) in [6, 6.07) is 12.8. The molecule has 0 saturated carbocycles. The summed E-state index contributed by atoms with van der Waals surface area (Å²) in [5.41, 5.74) is 2.20. The Balaban J connectivity index is 1.72. The van der Waals surface area contributed by atoms with Gasteiger partial charge in [-0.3, -0.25) is 0 Å². The molecule has 1 aromatic heterocycles. The number of nitrogens with one attached hydrogen (secondary N) is 1. The Labute approximate surface area is 134 Å². The molecule has 0 radical (unpaired) electrons. The minimum atomic E-state index is -3.62. The Morgan fingerprint density at radius 3 is 2.52 bits per heavy atom. The molecule has 1 heterocycles. The predicted molar refractivity (Wildman–Crippen MR) is 88.2 cm³/mol. The van der Waals surface area contributed by atoms with Crippen molar-refractivity contribution in [1.82, 2.24) is 9.29 Å². The van der Waals surface area contributed by atoms with Crippen LogP contribution >= 0.6 is 0 Å². The van der Waals surface area contributed by atoms with E-state index in [0.717, 1.165) is 28.6 Å². The number of nitrogens with zero attached hydrogens (tertiary/aromatic N) is 1. The van der Waals surface area contributed by atoms with Crippen LogP contribution in [0.3, 0.4) is 0 Å². The van der Waals surface area contributed by atoms with Crippen LogP contribution in [0.2, 0.25) is 0 Å². The molecule has 0 saturated heterocycles. The largest absolute Gasteiger partial charge is 0.350 e. The van der Waals surface area contributed by atoms with Crippen molar-refractivity contribution in [3.8, 4) is 0 Å². The Morgan fingerprint density at radius 1 is 1.09 bits per heavy atom. The maximum absolute atomic E-state index is 12.9. The Kier molecular flexibility index (Phi) is 4.19. The van der Waals surface area contributed by atoms with Crippen LogP contribution in [0.4, 0.5) is 4.39 Å². The van der Waals surface area contributed by atoms with Gasteiger partial charge in [-0.15, -0.1) is 0 Å². The fourth-order valence-corrected chi connectivity index (χ4v) is 3.67. The monoisotopic (exact) mass is 332 g/mol. The van der Waals surface area contributed by atoms with E-state index in [0.29, 0.717) is 6.42 Å². The molecule has 1 N–H and O–H groups in total. The molecule has 0 aliphatic heterocycles. The van der Waals surface area contributed by atoms with E-state index in [9.17, 15) is 12.8 Å². The van der Waals surface area contributed by atoms with Gasteiger partial charge in [0.25, 0.3) is 0 Å². The Morgan fingerprint density at radius 2 is 1.78 bits per heavy atom. The molecule has 23 heavy (non-hydrogen) atoms. The standard InChI is InChI=1S/C17H17FN2O2S/c1-20-12-13(16-4-2-3-5-17(16)20)10-11-19-23(21,22)15-8-6-14(18)7-9-15/h2-9,12,19H,10-11H2,1H3. The topological polar surface area (TPSA) is 51.1 Å². The van der Waals surface area contributed by atoms with Gasteiger partial charge in [-0.2, -0.15) is 0 Å². The summed E-state index contributed by atoms with van der Waals surface area (Å²) in [5.74, 6) is -0.459.